The molecule has 0 aliphatic carbocycles. The number of benzene rings is 2. The topological polar surface area (TPSA) is 47.0 Å². The van der Waals surface area contributed by atoms with E-state index in [0.717, 1.165) is 22.0 Å². The highest BCUT2D eigenvalue weighted by Crippen LogP contribution is 2.32. The van der Waals surface area contributed by atoms with Crippen molar-refractivity contribution in [2.75, 3.05) is 12.4 Å². The molecule has 4 rings (SSSR count). The van der Waals surface area contributed by atoms with Crippen LogP contribution in [0.15, 0.2) is 67.0 Å². The molecule has 0 aliphatic heterocycles. The van der Waals surface area contributed by atoms with Gasteiger partial charge in [-0.25, -0.2) is 4.98 Å². The number of hydrogen-bond donors (Lipinski definition) is 1. The van der Waals surface area contributed by atoms with Crippen LogP contribution in [0.2, 0.25) is 0 Å². The first-order valence-electron chi connectivity index (χ1n) is 8.44. The summed E-state index contributed by atoms with van der Waals surface area (Å²) in [5.41, 5.74) is 4.51. The lowest BCUT2D eigenvalue weighted by Gasteiger charge is -2.14. The number of nitrogens with zero attached hydrogens (tertiary/aromatic N) is 2. The lowest BCUT2D eigenvalue weighted by atomic mass is 10.1. The second-order valence-electron chi connectivity index (χ2n) is 6.08. The number of methoxy groups -OCH3 is 1. The van der Waals surface area contributed by atoms with Crippen LogP contribution in [-0.4, -0.2) is 17.1 Å². The Morgan fingerprint density at radius 3 is 2.65 bits per heavy atom. The van der Waals surface area contributed by atoms with Crippen molar-refractivity contribution in [1.29, 1.82) is 0 Å². The maximum absolute atomic E-state index is 5.31. The zero-order chi connectivity index (χ0) is 17.9. The molecule has 0 amide bonds. The van der Waals surface area contributed by atoms with Gasteiger partial charge < -0.3 is 10.1 Å². The normalized spacial score (nSPS) is 12.1. The van der Waals surface area contributed by atoms with Crippen LogP contribution in [0.1, 0.15) is 18.5 Å². The Kier molecular flexibility index (Phi) is 4.54. The number of hydrogen-bond acceptors (Lipinski definition) is 5. The van der Waals surface area contributed by atoms with Crippen molar-refractivity contribution in [2.24, 2.45) is 0 Å². The van der Waals surface area contributed by atoms with Crippen LogP contribution in [0, 0.1) is 0 Å². The molecule has 26 heavy (non-hydrogen) atoms. The Hall–Kier alpha value is -2.92. The van der Waals surface area contributed by atoms with Gasteiger partial charge >= 0.3 is 0 Å². The number of thiazole rings is 1. The maximum atomic E-state index is 5.31. The van der Waals surface area contributed by atoms with E-state index in [1.54, 1.807) is 18.4 Å². The van der Waals surface area contributed by atoms with Gasteiger partial charge in [0.1, 0.15) is 5.75 Å². The summed E-state index contributed by atoms with van der Waals surface area (Å²) in [6.07, 6.45) is 3.63. The Balaban J connectivity index is 1.59. The van der Waals surface area contributed by atoms with Crippen molar-refractivity contribution in [1.82, 2.24) is 9.97 Å². The van der Waals surface area contributed by atoms with Gasteiger partial charge in [0.25, 0.3) is 0 Å². The fourth-order valence-corrected chi connectivity index (χ4v) is 3.88. The molecule has 1 N–H and O–H groups in total. The van der Waals surface area contributed by atoms with E-state index in [-0.39, 0.29) is 6.04 Å². The molecule has 0 radical (unpaired) electrons. The zero-order valence-electron chi connectivity index (χ0n) is 14.6. The molecule has 130 valence electrons. The second-order valence-corrected chi connectivity index (χ2v) is 7.11. The Morgan fingerprint density at radius 2 is 1.85 bits per heavy atom. The van der Waals surface area contributed by atoms with E-state index in [4.69, 9.17) is 9.72 Å². The monoisotopic (exact) mass is 361 g/mol. The average Bonchev–Trinajstić information content (AvgIpc) is 3.10. The fourth-order valence-electron chi connectivity index (χ4n) is 2.89. The van der Waals surface area contributed by atoms with Crippen molar-refractivity contribution in [3.05, 3.63) is 72.6 Å². The zero-order valence-corrected chi connectivity index (χ0v) is 15.5. The minimum absolute atomic E-state index is 0.144. The van der Waals surface area contributed by atoms with E-state index in [1.807, 2.05) is 42.7 Å². The van der Waals surface area contributed by atoms with E-state index >= 15 is 0 Å². The van der Waals surface area contributed by atoms with Gasteiger partial charge in [0, 0.05) is 12.4 Å². The summed E-state index contributed by atoms with van der Waals surface area (Å²) < 4.78 is 6.48. The quantitative estimate of drug-likeness (QED) is 0.507. The molecule has 0 bridgehead atoms. The first kappa shape index (κ1) is 16.5. The Labute approximate surface area is 156 Å². The molecule has 4 nitrogen and oxygen atoms in total. The molecule has 5 heteroatoms. The van der Waals surface area contributed by atoms with Gasteiger partial charge in [0.2, 0.25) is 0 Å². The van der Waals surface area contributed by atoms with Crippen LogP contribution in [0.3, 0.4) is 0 Å². The van der Waals surface area contributed by atoms with Gasteiger partial charge in [-0.3, -0.25) is 4.98 Å². The van der Waals surface area contributed by atoms with Crippen molar-refractivity contribution in [2.45, 2.75) is 13.0 Å². The number of rotatable bonds is 5. The number of aromatic nitrogens is 2. The summed E-state index contributed by atoms with van der Waals surface area (Å²) in [4.78, 5) is 8.80. The third-order valence-corrected chi connectivity index (χ3v) is 5.29. The molecule has 4 aromatic rings. The summed E-state index contributed by atoms with van der Waals surface area (Å²) in [7, 11) is 1.69. The molecule has 1 atom stereocenters. The summed E-state index contributed by atoms with van der Waals surface area (Å²) in [5, 5.41) is 4.42. The Bertz CT molecular complexity index is 1030. The number of fused-ring (bicyclic) bond motifs is 1. The van der Waals surface area contributed by atoms with E-state index < -0.39 is 0 Å². The molecule has 0 aliphatic rings. The minimum atomic E-state index is 0.144. The predicted octanol–water partition coefficient (Wildman–Crippen LogP) is 5.54. The van der Waals surface area contributed by atoms with Gasteiger partial charge in [-0.05, 0) is 60.0 Å². The van der Waals surface area contributed by atoms with Crippen molar-refractivity contribution in [3.63, 3.8) is 0 Å². The number of nitrogens with one attached hydrogen (secondary N) is 1. The smallest absolute Gasteiger partial charge is 0.184 e. The third-order valence-electron chi connectivity index (χ3n) is 4.34. The van der Waals surface area contributed by atoms with Gasteiger partial charge in [0.15, 0.2) is 5.13 Å². The molecule has 0 fully saturated rings. The van der Waals surface area contributed by atoms with Crippen molar-refractivity contribution in [3.8, 4) is 16.9 Å². The number of anilines is 1. The molecule has 2 heterocycles. The highest BCUT2D eigenvalue weighted by molar-refractivity contribution is 7.22. The van der Waals surface area contributed by atoms with Crippen molar-refractivity contribution >= 4 is 26.7 Å². The number of ether oxygens (including phenoxy) is 1. The summed E-state index contributed by atoms with van der Waals surface area (Å²) in [5.74, 6) is 0.863. The van der Waals surface area contributed by atoms with Crippen LogP contribution in [0.4, 0.5) is 5.13 Å². The van der Waals surface area contributed by atoms with E-state index in [2.05, 4.69) is 41.5 Å². The van der Waals surface area contributed by atoms with E-state index in [1.165, 1.54) is 15.8 Å². The maximum Gasteiger partial charge on any atom is 0.184 e. The van der Waals surface area contributed by atoms with Gasteiger partial charge in [-0.15, -0.1) is 0 Å². The Morgan fingerprint density at radius 1 is 1.00 bits per heavy atom. The fraction of sp³-hybridized carbons (Fsp3) is 0.143. The lowest BCUT2D eigenvalue weighted by Crippen LogP contribution is -2.06. The minimum Gasteiger partial charge on any atom is -0.497 e. The van der Waals surface area contributed by atoms with Crippen LogP contribution in [0.25, 0.3) is 21.3 Å². The van der Waals surface area contributed by atoms with Crippen LogP contribution >= 0.6 is 11.3 Å². The molecule has 2 aromatic heterocycles. The molecular weight excluding hydrogens is 342 g/mol. The second kappa shape index (κ2) is 7.14. The summed E-state index contributed by atoms with van der Waals surface area (Å²) in [6.45, 7) is 2.13. The van der Waals surface area contributed by atoms with Gasteiger partial charge in [0.05, 0.1) is 23.4 Å². The molecular formula is C21H19N3OS. The van der Waals surface area contributed by atoms with E-state index in [0.29, 0.717) is 0 Å². The highest BCUT2D eigenvalue weighted by Gasteiger charge is 2.11. The van der Waals surface area contributed by atoms with Crippen LogP contribution in [-0.2, 0) is 0 Å². The van der Waals surface area contributed by atoms with Gasteiger partial charge in [-0.1, -0.05) is 29.5 Å². The average molecular weight is 361 g/mol. The summed E-state index contributed by atoms with van der Waals surface area (Å²) in [6, 6.07) is 18.6. The van der Waals surface area contributed by atoms with Crippen LogP contribution < -0.4 is 10.1 Å². The van der Waals surface area contributed by atoms with Crippen molar-refractivity contribution < 1.29 is 4.74 Å². The largest absolute Gasteiger partial charge is 0.497 e. The third kappa shape index (κ3) is 3.39. The first-order valence-corrected chi connectivity index (χ1v) is 9.26. The standard InChI is InChI=1S/C21H19N3OS/c1-14(16-4-3-5-18(12-16)25-2)23-21-24-19-7-6-17(13-20(19)26-21)15-8-10-22-11-9-15/h3-14H,1-2H3,(H,23,24)/t14-/m1/s1. The number of pyridine rings is 1. The molecule has 0 spiro atoms. The van der Waals surface area contributed by atoms with Crippen LogP contribution in [0.5, 0.6) is 5.75 Å². The molecule has 0 saturated heterocycles. The predicted molar refractivity (Wildman–Crippen MR) is 108 cm³/mol. The molecule has 0 unspecified atom stereocenters. The highest BCUT2D eigenvalue weighted by atomic mass is 32.1. The van der Waals surface area contributed by atoms with Gasteiger partial charge in [-0.2, -0.15) is 0 Å². The lowest BCUT2D eigenvalue weighted by molar-refractivity contribution is 0.414. The van der Waals surface area contributed by atoms with E-state index in [9.17, 15) is 0 Å². The first-order chi connectivity index (χ1) is 12.7. The molecule has 0 saturated carbocycles. The SMILES string of the molecule is COc1cccc([C@@H](C)Nc2nc3ccc(-c4ccncc4)cc3s2)c1. The molecule has 2 aromatic carbocycles. The summed E-state index contributed by atoms with van der Waals surface area (Å²) >= 11 is 1.67.